The number of amides is 1. The van der Waals surface area contributed by atoms with Crippen LogP contribution >= 0.6 is 24.0 Å². The van der Waals surface area contributed by atoms with Gasteiger partial charge in [0.05, 0.1) is 6.61 Å². The maximum absolute atomic E-state index is 14.0. The summed E-state index contributed by atoms with van der Waals surface area (Å²) in [5.41, 5.74) is 2.04. The normalized spacial score (nSPS) is 16.0. The summed E-state index contributed by atoms with van der Waals surface area (Å²) in [5, 5.41) is 6.47. The molecule has 1 heterocycles. The number of carbonyl (C=O) groups excluding carboxylic acids is 1. The number of hydrogen-bond donors (Lipinski definition) is 2. The third kappa shape index (κ3) is 7.65. The molecular weight excluding hydrogens is 522 g/mol. The Morgan fingerprint density at radius 1 is 1.19 bits per heavy atom. The van der Waals surface area contributed by atoms with E-state index in [4.69, 9.17) is 4.74 Å². The molecule has 3 rings (SSSR count). The van der Waals surface area contributed by atoms with Gasteiger partial charge in [0.25, 0.3) is 0 Å². The summed E-state index contributed by atoms with van der Waals surface area (Å²) in [4.78, 5) is 18.5. The molecule has 2 aromatic carbocycles. The lowest BCUT2D eigenvalue weighted by molar-refractivity contribution is -0.127. The van der Waals surface area contributed by atoms with Gasteiger partial charge >= 0.3 is 0 Å². The maximum atomic E-state index is 14.0. The van der Waals surface area contributed by atoms with Crippen molar-refractivity contribution < 1.29 is 13.9 Å². The van der Waals surface area contributed by atoms with Gasteiger partial charge < -0.3 is 20.3 Å². The molecule has 2 aromatic rings. The molecule has 0 aliphatic carbocycles. The van der Waals surface area contributed by atoms with Crippen molar-refractivity contribution in [2.75, 3.05) is 33.3 Å². The monoisotopic (exact) mass is 554 g/mol. The van der Waals surface area contributed by atoms with Gasteiger partial charge in [-0.05, 0) is 36.6 Å². The van der Waals surface area contributed by atoms with Crippen LogP contribution in [0.1, 0.15) is 24.5 Å². The van der Waals surface area contributed by atoms with Gasteiger partial charge in [-0.2, -0.15) is 0 Å². The van der Waals surface area contributed by atoms with Gasteiger partial charge in [0, 0.05) is 45.6 Å². The number of hydrogen-bond acceptors (Lipinski definition) is 3. The fraction of sp³-hybridized carbons (Fsp3) is 0.417. The number of ether oxygens (including phenoxy) is 1. The highest BCUT2D eigenvalue weighted by atomic mass is 127. The molecule has 1 aliphatic heterocycles. The Morgan fingerprint density at radius 2 is 1.97 bits per heavy atom. The molecule has 174 valence electrons. The van der Waals surface area contributed by atoms with E-state index in [2.05, 4.69) is 27.8 Å². The first-order chi connectivity index (χ1) is 15.1. The molecule has 6 nitrogen and oxygen atoms in total. The van der Waals surface area contributed by atoms with E-state index in [1.54, 1.807) is 13.1 Å². The highest BCUT2D eigenvalue weighted by Gasteiger charge is 2.29. The Bertz CT molecular complexity index is 895. The first kappa shape index (κ1) is 25.9. The molecule has 0 spiro atoms. The minimum absolute atomic E-state index is 0. The molecular formula is C24H32FIN4O2. The van der Waals surface area contributed by atoms with Crippen LogP contribution in [0.3, 0.4) is 0 Å². The number of rotatable bonds is 9. The van der Waals surface area contributed by atoms with Crippen LogP contribution in [0, 0.1) is 11.7 Å². The van der Waals surface area contributed by atoms with E-state index >= 15 is 0 Å². The van der Waals surface area contributed by atoms with Crippen LogP contribution in [-0.2, 0) is 17.8 Å². The van der Waals surface area contributed by atoms with E-state index in [-0.39, 0.29) is 47.4 Å². The summed E-state index contributed by atoms with van der Waals surface area (Å²) in [6, 6.07) is 15.2. The number of benzene rings is 2. The van der Waals surface area contributed by atoms with E-state index in [1.807, 2.05) is 36.1 Å². The maximum Gasteiger partial charge on any atom is 0.223 e. The van der Waals surface area contributed by atoms with Crippen molar-refractivity contribution >= 4 is 35.8 Å². The molecule has 1 fully saturated rings. The second-order valence-electron chi connectivity index (χ2n) is 7.65. The zero-order valence-corrected chi connectivity index (χ0v) is 21.0. The first-order valence-corrected chi connectivity index (χ1v) is 10.8. The van der Waals surface area contributed by atoms with Crippen molar-refractivity contribution in [2.45, 2.75) is 26.3 Å². The number of aliphatic imine (C=N–C) groups is 1. The lowest BCUT2D eigenvalue weighted by Gasteiger charge is -2.18. The van der Waals surface area contributed by atoms with Crippen LogP contribution in [0.2, 0.25) is 0 Å². The van der Waals surface area contributed by atoms with E-state index < -0.39 is 0 Å². The van der Waals surface area contributed by atoms with Gasteiger partial charge in [-0.15, -0.1) is 24.0 Å². The third-order valence-electron chi connectivity index (χ3n) is 5.35. The Morgan fingerprint density at radius 3 is 2.66 bits per heavy atom. The van der Waals surface area contributed by atoms with Gasteiger partial charge in [-0.1, -0.05) is 36.4 Å². The molecule has 1 aliphatic rings. The minimum atomic E-state index is -0.371. The summed E-state index contributed by atoms with van der Waals surface area (Å²) >= 11 is 0. The van der Waals surface area contributed by atoms with Gasteiger partial charge in [0.2, 0.25) is 5.91 Å². The molecule has 2 N–H and O–H groups in total. The summed E-state index contributed by atoms with van der Waals surface area (Å²) < 4.78 is 19.2. The molecule has 0 radical (unpaired) electrons. The molecule has 0 aromatic heterocycles. The Hall–Kier alpha value is -2.36. The van der Waals surface area contributed by atoms with Crippen LogP contribution < -0.4 is 15.4 Å². The lowest BCUT2D eigenvalue weighted by atomic mass is 10.1. The highest BCUT2D eigenvalue weighted by molar-refractivity contribution is 14.0. The molecule has 1 atom stereocenters. The fourth-order valence-electron chi connectivity index (χ4n) is 3.69. The van der Waals surface area contributed by atoms with Crippen molar-refractivity contribution in [1.29, 1.82) is 0 Å². The van der Waals surface area contributed by atoms with Crippen LogP contribution in [0.5, 0.6) is 5.75 Å². The summed E-state index contributed by atoms with van der Waals surface area (Å²) in [6.07, 6.45) is 1.41. The van der Waals surface area contributed by atoms with E-state index in [1.165, 1.54) is 11.6 Å². The number of halogens is 2. The topological polar surface area (TPSA) is 66.0 Å². The van der Waals surface area contributed by atoms with Crippen LogP contribution in [0.25, 0.3) is 0 Å². The summed E-state index contributed by atoms with van der Waals surface area (Å²) in [7, 11) is 1.69. The number of likely N-dealkylation sites (tertiary alicyclic amines) is 1. The van der Waals surface area contributed by atoms with E-state index in [9.17, 15) is 9.18 Å². The zero-order valence-electron chi connectivity index (χ0n) is 18.6. The molecule has 1 amide bonds. The van der Waals surface area contributed by atoms with E-state index in [0.717, 1.165) is 25.1 Å². The number of nitrogens with zero attached hydrogens (tertiary/aromatic N) is 2. The SMILES string of the molecule is CCOc1ccc(CNC(=NC)NCC2CC(=O)N(CCc3ccccc3)C2)cc1F.I. The van der Waals surface area contributed by atoms with Crippen LogP contribution in [-0.4, -0.2) is 50.1 Å². The second kappa shape index (κ2) is 13.2. The molecule has 8 heteroatoms. The van der Waals surface area contributed by atoms with Gasteiger partial charge in [0.15, 0.2) is 17.5 Å². The molecule has 0 saturated carbocycles. The molecule has 1 unspecified atom stereocenters. The number of guanidine groups is 1. The third-order valence-corrected chi connectivity index (χ3v) is 5.35. The van der Waals surface area contributed by atoms with Crippen molar-refractivity contribution in [3.63, 3.8) is 0 Å². The van der Waals surface area contributed by atoms with Gasteiger partial charge in [-0.3, -0.25) is 9.79 Å². The van der Waals surface area contributed by atoms with Gasteiger partial charge in [-0.25, -0.2) is 4.39 Å². The summed E-state index contributed by atoms with van der Waals surface area (Å²) in [5.74, 6) is 0.963. The smallest absolute Gasteiger partial charge is 0.223 e. The molecule has 1 saturated heterocycles. The standard InChI is InChI=1S/C24H31FN4O2.HI/c1-3-31-22-10-9-19(13-21(22)25)15-27-24(26-2)28-16-20-14-23(30)29(17-20)12-11-18-7-5-4-6-8-18;/h4-10,13,20H,3,11-12,14-17H2,1-2H3,(H2,26,27,28);1H. The minimum Gasteiger partial charge on any atom is -0.491 e. The first-order valence-electron chi connectivity index (χ1n) is 10.8. The predicted molar refractivity (Wildman–Crippen MR) is 136 cm³/mol. The largest absolute Gasteiger partial charge is 0.491 e. The summed E-state index contributed by atoms with van der Waals surface area (Å²) in [6.45, 7) is 4.85. The average molecular weight is 554 g/mol. The number of carbonyl (C=O) groups is 1. The zero-order chi connectivity index (χ0) is 22.1. The molecule has 32 heavy (non-hydrogen) atoms. The van der Waals surface area contributed by atoms with Crippen molar-refractivity contribution in [1.82, 2.24) is 15.5 Å². The highest BCUT2D eigenvalue weighted by Crippen LogP contribution is 2.19. The quantitative estimate of drug-likeness (QED) is 0.283. The number of nitrogens with one attached hydrogen (secondary N) is 2. The van der Waals surface area contributed by atoms with E-state index in [0.29, 0.717) is 32.1 Å². The van der Waals surface area contributed by atoms with Crippen LogP contribution in [0.4, 0.5) is 4.39 Å². The Kier molecular flexibility index (Phi) is 10.7. The fourth-order valence-corrected chi connectivity index (χ4v) is 3.69. The van der Waals surface area contributed by atoms with Crippen LogP contribution in [0.15, 0.2) is 53.5 Å². The Labute approximate surface area is 206 Å². The van der Waals surface area contributed by atoms with Crippen molar-refractivity contribution in [3.8, 4) is 5.75 Å². The van der Waals surface area contributed by atoms with Gasteiger partial charge in [0.1, 0.15) is 0 Å². The second-order valence-corrected chi connectivity index (χ2v) is 7.65. The van der Waals surface area contributed by atoms with Crippen molar-refractivity contribution in [3.05, 3.63) is 65.5 Å². The predicted octanol–water partition coefficient (Wildman–Crippen LogP) is 3.60. The average Bonchev–Trinajstić information content (AvgIpc) is 3.14. The Balaban J connectivity index is 0.00000363. The lowest BCUT2D eigenvalue weighted by Crippen LogP contribution is -2.40. The molecule has 0 bridgehead atoms. The van der Waals surface area contributed by atoms with Crippen molar-refractivity contribution in [2.24, 2.45) is 10.9 Å².